The Balaban J connectivity index is 2.17. The minimum absolute atomic E-state index is 0.0237. The van der Waals surface area contributed by atoms with Crippen molar-refractivity contribution < 1.29 is 19.1 Å². The molecular formula is C23H27NO4. The number of benzene rings is 2. The molecule has 5 heteroatoms. The maximum absolute atomic E-state index is 13.0. The standard InChI is InChI=1S/C23H27NO4/c1-14(2)17(5)24-21(25)13-28-23(27)19-9-7-6-8-18(19)22(26)20-12-15(3)10-11-16(20)4/h6-12,14,17H,13H2,1-5H3,(H,24,25). The molecule has 2 aromatic rings. The highest BCUT2D eigenvalue weighted by atomic mass is 16.5. The Kier molecular flexibility index (Phi) is 7.10. The predicted octanol–water partition coefficient (Wildman–Crippen LogP) is 3.85. The molecule has 0 radical (unpaired) electrons. The average molecular weight is 381 g/mol. The number of hydrogen-bond donors (Lipinski definition) is 1. The Labute approximate surface area is 166 Å². The SMILES string of the molecule is Cc1ccc(C)c(C(=O)c2ccccc2C(=O)OCC(=O)NC(C)C(C)C)c1. The predicted molar refractivity (Wildman–Crippen MR) is 109 cm³/mol. The summed E-state index contributed by atoms with van der Waals surface area (Å²) in [5.41, 5.74) is 2.75. The maximum atomic E-state index is 13.0. The van der Waals surface area contributed by atoms with Crippen molar-refractivity contribution in [1.29, 1.82) is 0 Å². The molecule has 0 spiro atoms. The number of aryl methyl sites for hydroxylation is 2. The summed E-state index contributed by atoms with van der Waals surface area (Å²) in [5, 5.41) is 2.78. The summed E-state index contributed by atoms with van der Waals surface area (Å²) in [6, 6.07) is 12.1. The van der Waals surface area contributed by atoms with Crippen molar-refractivity contribution in [2.45, 2.75) is 40.7 Å². The second-order valence-corrected chi connectivity index (χ2v) is 7.37. The molecule has 2 rings (SSSR count). The van der Waals surface area contributed by atoms with E-state index in [1.807, 2.05) is 46.8 Å². The van der Waals surface area contributed by atoms with Crippen molar-refractivity contribution in [3.63, 3.8) is 0 Å². The van der Waals surface area contributed by atoms with E-state index in [9.17, 15) is 14.4 Å². The second-order valence-electron chi connectivity index (χ2n) is 7.37. The first kappa shape index (κ1) is 21.4. The van der Waals surface area contributed by atoms with Gasteiger partial charge in [0.2, 0.25) is 0 Å². The van der Waals surface area contributed by atoms with Crippen LogP contribution in [0.5, 0.6) is 0 Å². The van der Waals surface area contributed by atoms with Crippen LogP contribution in [-0.4, -0.2) is 30.3 Å². The fraction of sp³-hybridized carbons (Fsp3) is 0.348. The molecule has 28 heavy (non-hydrogen) atoms. The summed E-state index contributed by atoms with van der Waals surface area (Å²) < 4.78 is 5.15. The van der Waals surface area contributed by atoms with Gasteiger partial charge in [-0.25, -0.2) is 4.79 Å². The normalized spacial score (nSPS) is 11.8. The number of hydrogen-bond acceptors (Lipinski definition) is 4. The molecule has 1 atom stereocenters. The Morgan fingerprint density at radius 3 is 2.21 bits per heavy atom. The smallest absolute Gasteiger partial charge is 0.339 e. The van der Waals surface area contributed by atoms with E-state index in [-0.39, 0.29) is 41.4 Å². The summed E-state index contributed by atoms with van der Waals surface area (Å²) in [6.45, 7) is 9.25. The Morgan fingerprint density at radius 2 is 1.57 bits per heavy atom. The molecule has 0 aromatic heterocycles. The number of esters is 1. The highest BCUT2D eigenvalue weighted by molar-refractivity contribution is 6.15. The molecule has 0 bridgehead atoms. The van der Waals surface area contributed by atoms with E-state index in [2.05, 4.69) is 5.32 Å². The molecule has 0 saturated carbocycles. The molecule has 5 nitrogen and oxygen atoms in total. The molecule has 0 heterocycles. The van der Waals surface area contributed by atoms with Gasteiger partial charge in [0.25, 0.3) is 5.91 Å². The molecule has 1 N–H and O–H groups in total. The van der Waals surface area contributed by atoms with Gasteiger partial charge in [0.15, 0.2) is 12.4 Å². The van der Waals surface area contributed by atoms with Crippen molar-refractivity contribution in [3.8, 4) is 0 Å². The molecule has 0 aliphatic rings. The van der Waals surface area contributed by atoms with Gasteiger partial charge in [-0.3, -0.25) is 9.59 Å². The molecule has 0 saturated heterocycles. The van der Waals surface area contributed by atoms with Crippen molar-refractivity contribution in [2.75, 3.05) is 6.61 Å². The third-order valence-corrected chi connectivity index (χ3v) is 4.75. The fourth-order valence-electron chi connectivity index (χ4n) is 2.66. The van der Waals surface area contributed by atoms with Gasteiger partial charge in [-0.05, 0) is 44.4 Å². The van der Waals surface area contributed by atoms with Gasteiger partial charge in [-0.15, -0.1) is 0 Å². The zero-order chi connectivity index (χ0) is 20.8. The van der Waals surface area contributed by atoms with Crippen LogP contribution < -0.4 is 5.32 Å². The van der Waals surface area contributed by atoms with Crippen LogP contribution >= 0.6 is 0 Å². The molecule has 0 aliphatic carbocycles. The van der Waals surface area contributed by atoms with Crippen LogP contribution in [0.25, 0.3) is 0 Å². The highest BCUT2D eigenvalue weighted by Gasteiger charge is 2.21. The van der Waals surface area contributed by atoms with E-state index in [1.54, 1.807) is 24.3 Å². The van der Waals surface area contributed by atoms with E-state index in [0.29, 0.717) is 5.56 Å². The zero-order valence-corrected chi connectivity index (χ0v) is 17.0. The maximum Gasteiger partial charge on any atom is 0.339 e. The second kappa shape index (κ2) is 9.31. The summed E-state index contributed by atoms with van der Waals surface area (Å²) in [5.74, 6) is -1.03. The number of amides is 1. The Morgan fingerprint density at radius 1 is 0.929 bits per heavy atom. The highest BCUT2D eigenvalue weighted by Crippen LogP contribution is 2.19. The summed E-state index contributed by atoms with van der Waals surface area (Å²) in [4.78, 5) is 37.5. The molecule has 1 amide bonds. The molecule has 148 valence electrons. The van der Waals surface area contributed by atoms with Gasteiger partial charge in [0.1, 0.15) is 0 Å². The number of rotatable bonds is 7. The molecule has 1 unspecified atom stereocenters. The largest absolute Gasteiger partial charge is 0.452 e. The number of carbonyl (C=O) groups excluding carboxylic acids is 3. The van der Waals surface area contributed by atoms with Crippen molar-refractivity contribution in [1.82, 2.24) is 5.32 Å². The quantitative estimate of drug-likeness (QED) is 0.584. The van der Waals surface area contributed by atoms with Crippen molar-refractivity contribution >= 4 is 17.7 Å². The number of carbonyl (C=O) groups is 3. The lowest BCUT2D eigenvalue weighted by atomic mass is 9.94. The van der Waals surface area contributed by atoms with Crippen LogP contribution in [-0.2, 0) is 9.53 Å². The van der Waals surface area contributed by atoms with Gasteiger partial charge in [-0.1, -0.05) is 49.7 Å². The first-order valence-electron chi connectivity index (χ1n) is 9.38. The lowest BCUT2D eigenvalue weighted by Crippen LogP contribution is -2.38. The first-order valence-corrected chi connectivity index (χ1v) is 9.38. The van der Waals surface area contributed by atoms with Crippen LogP contribution in [0, 0.1) is 19.8 Å². The van der Waals surface area contributed by atoms with E-state index in [1.165, 1.54) is 6.07 Å². The summed E-state index contributed by atoms with van der Waals surface area (Å²) in [6.07, 6.45) is 0. The van der Waals surface area contributed by atoms with Crippen LogP contribution in [0.2, 0.25) is 0 Å². The Hall–Kier alpha value is -2.95. The number of ether oxygens (including phenoxy) is 1. The van der Waals surface area contributed by atoms with E-state index in [0.717, 1.165) is 11.1 Å². The minimum atomic E-state index is -0.693. The lowest BCUT2D eigenvalue weighted by Gasteiger charge is -2.17. The van der Waals surface area contributed by atoms with Crippen molar-refractivity contribution in [3.05, 3.63) is 70.3 Å². The molecule has 0 fully saturated rings. The van der Waals surface area contributed by atoms with Gasteiger partial charge in [0, 0.05) is 17.2 Å². The topological polar surface area (TPSA) is 72.5 Å². The van der Waals surface area contributed by atoms with Gasteiger partial charge in [-0.2, -0.15) is 0 Å². The number of ketones is 1. The first-order chi connectivity index (χ1) is 13.2. The van der Waals surface area contributed by atoms with Crippen LogP contribution in [0.4, 0.5) is 0 Å². The van der Waals surface area contributed by atoms with Crippen LogP contribution in [0.3, 0.4) is 0 Å². The van der Waals surface area contributed by atoms with Gasteiger partial charge in [0.05, 0.1) is 5.56 Å². The molecule has 0 aliphatic heterocycles. The van der Waals surface area contributed by atoms with Crippen molar-refractivity contribution in [2.24, 2.45) is 5.92 Å². The zero-order valence-electron chi connectivity index (χ0n) is 17.0. The van der Waals surface area contributed by atoms with E-state index < -0.39 is 5.97 Å². The molecule has 2 aromatic carbocycles. The Bertz CT molecular complexity index is 886. The van der Waals surface area contributed by atoms with Gasteiger partial charge >= 0.3 is 5.97 Å². The fourth-order valence-corrected chi connectivity index (χ4v) is 2.66. The number of nitrogens with one attached hydrogen (secondary N) is 1. The van der Waals surface area contributed by atoms with Crippen LogP contribution in [0.15, 0.2) is 42.5 Å². The van der Waals surface area contributed by atoms with Gasteiger partial charge < -0.3 is 10.1 Å². The average Bonchev–Trinajstić information content (AvgIpc) is 2.67. The lowest BCUT2D eigenvalue weighted by molar-refractivity contribution is -0.125. The summed E-state index contributed by atoms with van der Waals surface area (Å²) >= 11 is 0. The third kappa shape index (κ3) is 5.28. The minimum Gasteiger partial charge on any atom is -0.452 e. The third-order valence-electron chi connectivity index (χ3n) is 4.75. The monoisotopic (exact) mass is 381 g/mol. The van der Waals surface area contributed by atoms with E-state index >= 15 is 0 Å². The van der Waals surface area contributed by atoms with Crippen LogP contribution in [0.1, 0.15) is 58.2 Å². The summed E-state index contributed by atoms with van der Waals surface area (Å²) in [7, 11) is 0. The van der Waals surface area contributed by atoms with E-state index in [4.69, 9.17) is 4.74 Å². The molecular weight excluding hydrogens is 354 g/mol.